The summed E-state index contributed by atoms with van der Waals surface area (Å²) in [5.74, 6) is -1.36. The Balaban J connectivity index is 1.49. The standard InChI is InChI=1S/C23H35N5O5S/c1-23(2,3)26-22(31)27-12-9-16(10-13-27)15-24-20(29)21(30)25-18-8-7-17-6-5-11-28(19(17)14-18)34(4,32)33/h7-8,14,16H,5-6,9-13,15H2,1-4H3,(H,24,29)(H,25,30)(H,26,31). The number of anilines is 2. The Morgan fingerprint density at radius 2 is 1.74 bits per heavy atom. The summed E-state index contributed by atoms with van der Waals surface area (Å²) in [6, 6.07) is 4.96. The Kier molecular flexibility index (Phi) is 7.74. The quantitative estimate of drug-likeness (QED) is 0.550. The fourth-order valence-corrected chi connectivity index (χ4v) is 5.20. The largest absolute Gasteiger partial charge is 0.348 e. The van der Waals surface area contributed by atoms with Crippen molar-refractivity contribution in [2.45, 2.75) is 52.0 Å². The van der Waals surface area contributed by atoms with Crippen LogP contribution in [0.15, 0.2) is 18.2 Å². The number of urea groups is 1. The van der Waals surface area contributed by atoms with E-state index in [1.807, 2.05) is 20.8 Å². The number of aryl methyl sites for hydroxylation is 1. The van der Waals surface area contributed by atoms with Crippen LogP contribution in [-0.4, -0.2) is 69.1 Å². The highest BCUT2D eigenvalue weighted by Gasteiger charge is 2.27. The maximum atomic E-state index is 12.4. The Morgan fingerprint density at radius 3 is 2.35 bits per heavy atom. The second-order valence-electron chi connectivity index (χ2n) is 10.1. The van der Waals surface area contributed by atoms with E-state index in [0.717, 1.165) is 37.5 Å². The lowest BCUT2D eigenvalue weighted by atomic mass is 9.97. The molecular formula is C23H35N5O5S. The maximum Gasteiger partial charge on any atom is 0.317 e. The SMILES string of the molecule is CC(C)(C)NC(=O)N1CCC(CNC(=O)C(=O)Nc2ccc3c(c2)N(S(C)(=O)=O)CCC3)CC1. The molecule has 1 fully saturated rings. The first-order valence-electron chi connectivity index (χ1n) is 11.6. The van der Waals surface area contributed by atoms with E-state index >= 15 is 0 Å². The number of piperidine rings is 1. The second-order valence-corrected chi connectivity index (χ2v) is 12.0. The first-order chi connectivity index (χ1) is 15.8. The number of sulfonamides is 1. The van der Waals surface area contributed by atoms with Crippen molar-refractivity contribution < 1.29 is 22.8 Å². The minimum Gasteiger partial charge on any atom is -0.348 e. The molecule has 2 aliphatic rings. The lowest BCUT2D eigenvalue weighted by molar-refractivity contribution is -0.136. The number of amides is 4. The summed E-state index contributed by atoms with van der Waals surface area (Å²) in [6.45, 7) is 7.74. The minimum atomic E-state index is -3.43. The number of likely N-dealkylation sites (tertiary alicyclic amines) is 1. The number of carbonyl (C=O) groups is 3. The highest BCUT2D eigenvalue weighted by molar-refractivity contribution is 7.92. The zero-order chi connectivity index (χ0) is 25.1. The molecule has 188 valence electrons. The molecule has 0 spiro atoms. The monoisotopic (exact) mass is 493 g/mol. The van der Waals surface area contributed by atoms with E-state index < -0.39 is 21.8 Å². The van der Waals surface area contributed by atoms with Gasteiger partial charge in [-0.1, -0.05) is 6.07 Å². The molecule has 0 unspecified atom stereocenters. The number of hydrogen-bond donors (Lipinski definition) is 3. The second kappa shape index (κ2) is 10.2. The van der Waals surface area contributed by atoms with Gasteiger partial charge in [0.2, 0.25) is 10.0 Å². The molecule has 0 saturated carbocycles. The summed E-state index contributed by atoms with van der Waals surface area (Å²) < 4.78 is 25.5. The fourth-order valence-electron chi connectivity index (χ4n) is 4.21. The van der Waals surface area contributed by atoms with Gasteiger partial charge in [-0.15, -0.1) is 0 Å². The van der Waals surface area contributed by atoms with Crippen LogP contribution in [0.1, 0.15) is 45.6 Å². The molecule has 4 amide bonds. The molecule has 0 radical (unpaired) electrons. The molecule has 0 atom stereocenters. The Labute approximate surface area is 201 Å². The molecule has 0 aromatic heterocycles. The van der Waals surface area contributed by atoms with E-state index in [4.69, 9.17) is 0 Å². The van der Waals surface area contributed by atoms with Gasteiger partial charge in [-0.2, -0.15) is 0 Å². The molecule has 10 nitrogen and oxygen atoms in total. The number of fused-ring (bicyclic) bond motifs is 1. The average molecular weight is 494 g/mol. The Bertz CT molecular complexity index is 1040. The van der Waals surface area contributed by atoms with Crippen molar-refractivity contribution in [3.05, 3.63) is 23.8 Å². The van der Waals surface area contributed by atoms with E-state index in [-0.39, 0.29) is 17.5 Å². The Morgan fingerprint density at radius 1 is 1.06 bits per heavy atom. The molecule has 0 aliphatic carbocycles. The molecule has 1 aromatic carbocycles. The lowest BCUT2D eigenvalue weighted by Gasteiger charge is -2.34. The van der Waals surface area contributed by atoms with Gasteiger partial charge in [0.1, 0.15) is 0 Å². The predicted molar refractivity (Wildman–Crippen MR) is 131 cm³/mol. The van der Waals surface area contributed by atoms with Gasteiger partial charge in [-0.3, -0.25) is 13.9 Å². The molecule has 3 N–H and O–H groups in total. The van der Waals surface area contributed by atoms with Crippen molar-refractivity contribution in [2.75, 3.05) is 42.1 Å². The van der Waals surface area contributed by atoms with Gasteiger partial charge < -0.3 is 20.9 Å². The highest BCUT2D eigenvalue weighted by Crippen LogP contribution is 2.31. The third kappa shape index (κ3) is 6.85. The van der Waals surface area contributed by atoms with Crippen LogP contribution in [0, 0.1) is 5.92 Å². The number of rotatable bonds is 4. The minimum absolute atomic E-state index is 0.0890. The predicted octanol–water partition coefficient (Wildman–Crippen LogP) is 1.67. The molecule has 3 rings (SSSR count). The van der Waals surface area contributed by atoms with Gasteiger partial charge in [0, 0.05) is 37.4 Å². The first-order valence-corrected chi connectivity index (χ1v) is 13.5. The molecule has 1 aromatic rings. The summed E-state index contributed by atoms with van der Waals surface area (Å²) in [7, 11) is -3.43. The Hall–Kier alpha value is -2.82. The number of nitrogens with zero attached hydrogens (tertiary/aromatic N) is 2. The van der Waals surface area contributed by atoms with Crippen LogP contribution in [0.4, 0.5) is 16.2 Å². The van der Waals surface area contributed by atoms with Crippen LogP contribution >= 0.6 is 0 Å². The molecule has 0 bridgehead atoms. The zero-order valence-electron chi connectivity index (χ0n) is 20.3. The van der Waals surface area contributed by atoms with Crippen LogP contribution in [0.5, 0.6) is 0 Å². The summed E-state index contributed by atoms with van der Waals surface area (Å²) in [5.41, 5.74) is 1.50. The van der Waals surface area contributed by atoms with Crippen molar-refractivity contribution in [3.8, 4) is 0 Å². The molecule has 34 heavy (non-hydrogen) atoms. The van der Waals surface area contributed by atoms with Crippen LogP contribution in [-0.2, 0) is 26.0 Å². The highest BCUT2D eigenvalue weighted by atomic mass is 32.2. The van der Waals surface area contributed by atoms with Gasteiger partial charge >= 0.3 is 17.8 Å². The van der Waals surface area contributed by atoms with E-state index in [1.165, 1.54) is 4.31 Å². The van der Waals surface area contributed by atoms with Crippen molar-refractivity contribution in [3.63, 3.8) is 0 Å². The fraction of sp³-hybridized carbons (Fsp3) is 0.609. The van der Waals surface area contributed by atoms with Crippen LogP contribution < -0.4 is 20.3 Å². The zero-order valence-corrected chi connectivity index (χ0v) is 21.1. The molecule has 2 aliphatic heterocycles. The number of nitrogens with one attached hydrogen (secondary N) is 3. The number of carbonyl (C=O) groups excluding carboxylic acids is 3. The van der Waals surface area contributed by atoms with Gasteiger partial charge in [0.05, 0.1) is 11.9 Å². The van der Waals surface area contributed by atoms with Crippen molar-refractivity contribution in [1.82, 2.24) is 15.5 Å². The smallest absolute Gasteiger partial charge is 0.317 e. The van der Waals surface area contributed by atoms with Gasteiger partial charge in [-0.25, -0.2) is 13.2 Å². The van der Waals surface area contributed by atoms with Crippen molar-refractivity contribution in [1.29, 1.82) is 0 Å². The van der Waals surface area contributed by atoms with E-state index in [1.54, 1.807) is 23.1 Å². The average Bonchev–Trinajstić information content (AvgIpc) is 2.75. The van der Waals surface area contributed by atoms with Crippen LogP contribution in [0.25, 0.3) is 0 Å². The third-order valence-corrected chi connectivity index (χ3v) is 7.14. The van der Waals surface area contributed by atoms with E-state index in [2.05, 4.69) is 16.0 Å². The summed E-state index contributed by atoms with van der Waals surface area (Å²) in [4.78, 5) is 38.8. The van der Waals surface area contributed by atoms with Crippen LogP contribution in [0.2, 0.25) is 0 Å². The van der Waals surface area contributed by atoms with Gasteiger partial charge in [0.15, 0.2) is 0 Å². The molecule has 11 heteroatoms. The number of hydrogen-bond acceptors (Lipinski definition) is 5. The molecular weight excluding hydrogens is 458 g/mol. The van der Waals surface area contributed by atoms with Crippen molar-refractivity contribution in [2.24, 2.45) is 5.92 Å². The van der Waals surface area contributed by atoms with Gasteiger partial charge in [-0.05, 0) is 70.1 Å². The lowest BCUT2D eigenvalue weighted by Crippen LogP contribution is -2.51. The summed E-state index contributed by atoms with van der Waals surface area (Å²) in [5, 5.41) is 8.19. The molecule has 2 heterocycles. The summed E-state index contributed by atoms with van der Waals surface area (Å²) >= 11 is 0. The number of benzene rings is 1. The summed E-state index contributed by atoms with van der Waals surface area (Å²) in [6.07, 6.45) is 4.13. The normalized spacial score (nSPS) is 17.1. The third-order valence-electron chi connectivity index (χ3n) is 5.96. The first kappa shape index (κ1) is 25.8. The topological polar surface area (TPSA) is 128 Å². The van der Waals surface area contributed by atoms with E-state index in [9.17, 15) is 22.8 Å². The van der Waals surface area contributed by atoms with Crippen molar-refractivity contribution >= 4 is 39.2 Å². The van der Waals surface area contributed by atoms with Crippen LogP contribution in [0.3, 0.4) is 0 Å². The molecule has 1 saturated heterocycles. The maximum absolute atomic E-state index is 12.4. The van der Waals surface area contributed by atoms with Gasteiger partial charge in [0.25, 0.3) is 0 Å². The van der Waals surface area contributed by atoms with E-state index in [0.29, 0.717) is 37.6 Å².